The average Bonchev–Trinajstić information content (AvgIpc) is 2.79. The summed E-state index contributed by atoms with van der Waals surface area (Å²) >= 11 is 6.18. The lowest BCUT2D eigenvalue weighted by atomic mass is 9.90. The number of hydrogen-bond acceptors (Lipinski definition) is 5. The summed E-state index contributed by atoms with van der Waals surface area (Å²) in [6.45, 7) is 6.80. The first-order chi connectivity index (χ1) is 16.4. The van der Waals surface area contributed by atoms with Gasteiger partial charge in [0, 0.05) is 23.2 Å². The largest absolute Gasteiger partial charge is 0.534 e. The normalized spacial score (nSPS) is 18.0. The van der Waals surface area contributed by atoms with Crippen LogP contribution in [0, 0.1) is 6.92 Å². The average molecular weight is 531 g/mol. The smallest absolute Gasteiger partial charge is 0.376 e. The van der Waals surface area contributed by atoms with Crippen molar-refractivity contribution in [2.45, 2.75) is 43.8 Å². The first kappa shape index (κ1) is 27.0. The van der Waals surface area contributed by atoms with E-state index in [0.29, 0.717) is 34.7 Å². The summed E-state index contributed by atoms with van der Waals surface area (Å²) in [4.78, 5) is 15.4. The molecule has 1 aliphatic heterocycles. The lowest BCUT2D eigenvalue weighted by Gasteiger charge is -2.40. The number of nitrogens with zero attached hydrogens (tertiary/aromatic N) is 1. The third-order valence-corrected chi connectivity index (χ3v) is 7.31. The number of alkyl halides is 3. The molecule has 0 spiro atoms. The van der Waals surface area contributed by atoms with Gasteiger partial charge >= 0.3 is 15.6 Å². The van der Waals surface area contributed by atoms with Crippen LogP contribution in [0.4, 0.5) is 13.2 Å². The van der Waals surface area contributed by atoms with E-state index in [1.165, 1.54) is 12.1 Å². The number of halogens is 4. The lowest BCUT2D eigenvalue weighted by molar-refractivity contribution is -0.0500. The molecule has 11 heteroatoms. The Morgan fingerprint density at radius 1 is 1.29 bits per heavy atom. The van der Waals surface area contributed by atoms with Gasteiger partial charge in [-0.25, -0.2) is 0 Å². The zero-order valence-electron chi connectivity index (χ0n) is 19.0. The van der Waals surface area contributed by atoms with Crippen molar-refractivity contribution < 1.29 is 30.6 Å². The van der Waals surface area contributed by atoms with Gasteiger partial charge in [-0.1, -0.05) is 42.3 Å². The fourth-order valence-corrected chi connectivity index (χ4v) is 4.82. The summed E-state index contributed by atoms with van der Waals surface area (Å²) in [6, 6.07) is 9.41. The van der Waals surface area contributed by atoms with Crippen LogP contribution in [0.5, 0.6) is 5.75 Å². The van der Waals surface area contributed by atoms with Crippen molar-refractivity contribution >= 4 is 27.6 Å². The van der Waals surface area contributed by atoms with Crippen LogP contribution in [0.15, 0.2) is 55.1 Å². The minimum Gasteiger partial charge on any atom is -0.376 e. The molecule has 0 radical (unpaired) electrons. The van der Waals surface area contributed by atoms with E-state index in [4.69, 9.17) is 11.6 Å². The fourth-order valence-electron chi connectivity index (χ4n) is 4.19. The summed E-state index contributed by atoms with van der Waals surface area (Å²) in [6.07, 6.45) is 4.29. The second-order valence-corrected chi connectivity index (χ2v) is 10.2. The molecule has 3 rings (SSSR count). The van der Waals surface area contributed by atoms with Crippen LogP contribution in [0.3, 0.4) is 0 Å². The van der Waals surface area contributed by atoms with Crippen LogP contribution in [-0.2, 0) is 10.1 Å². The van der Waals surface area contributed by atoms with Gasteiger partial charge in [0.25, 0.3) is 5.91 Å². The molecular formula is C24H26ClF3N2O4S. The molecule has 190 valence electrons. The molecule has 1 saturated heterocycles. The molecule has 1 N–H and O–H groups in total. The van der Waals surface area contributed by atoms with Crippen molar-refractivity contribution in [3.63, 3.8) is 0 Å². The number of rotatable bonds is 8. The van der Waals surface area contributed by atoms with Gasteiger partial charge in [0.1, 0.15) is 5.75 Å². The molecule has 1 heterocycles. The second kappa shape index (κ2) is 11.0. The highest BCUT2D eigenvalue weighted by molar-refractivity contribution is 7.88. The SMILES string of the molecule is C=CCN1CCCC[C@H]1C(NC(=O)c1cccc(Cl)c1C)c1cccc(OS(=O)(=O)C(F)(F)F)c1. The Morgan fingerprint density at radius 3 is 2.69 bits per heavy atom. The molecule has 0 aliphatic carbocycles. The quantitative estimate of drug-likeness (QED) is 0.281. The van der Waals surface area contributed by atoms with E-state index in [9.17, 15) is 26.4 Å². The standard InChI is InChI=1S/C24H26ClF3N2O4S/c1-3-13-30-14-5-4-12-21(30)22(29-23(31)19-10-7-11-20(25)16(19)2)17-8-6-9-18(15-17)34-35(32,33)24(26,27)28/h3,6-11,15,21-22H,1,4-5,12-14H2,2H3,(H,29,31)/t21-,22?/m0/s1. The predicted molar refractivity (Wildman–Crippen MR) is 128 cm³/mol. The van der Waals surface area contributed by atoms with Crippen LogP contribution in [-0.4, -0.2) is 43.9 Å². The van der Waals surface area contributed by atoms with Crippen LogP contribution >= 0.6 is 11.6 Å². The van der Waals surface area contributed by atoms with Gasteiger partial charge in [0.15, 0.2) is 0 Å². The highest BCUT2D eigenvalue weighted by Crippen LogP contribution is 2.33. The molecular weight excluding hydrogens is 505 g/mol. The number of benzene rings is 2. The Kier molecular flexibility index (Phi) is 8.50. The number of amides is 1. The molecule has 0 saturated carbocycles. The predicted octanol–water partition coefficient (Wildman–Crippen LogP) is 5.39. The van der Waals surface area contributed by atoms with Crippen molar-refractivity contribution in [3.8, 4) is 5.75 Å². The summed E-state index contributed by atoms with van der Waals surface area (Å²) < 4.78 is 65.9. The van der Waals surface area contributed by atoms with Crippen molar-refractivity contribution in [3.05, 3.63) is 76.8 Å². The lowest BCUT2D eigenvalue weighted by Crippen LogP contribution is -2.48. The number of carbonyl (C=O) groups is 1. The zero-order valence-corrected chi connectivity index (χ0v) is 20.6. The van der Waals surface area contributed by atoms with E-state index in [1.807, 2.05) is 0 Å². The summed E-state index contributed by atoms with van der Waals surface area (Å²) in [5.74, 6) is -0.905. The molecule has 1 fully saturated rings. The molecule has 35 heavy (non-hydrogen) atoms. The summed E-state index contributed by atoms with van der Waals surface area (Å²) in [5, 5.41) is 3.42. The maximum absolute atomic E-state index is 13.3. The molecule has 0 aromatic heterocycles. The number of piperidine rings is 1. The molecule has 2 atom stereocenters. The molecule has 0 bridgehead atoms. The van der Waals surface area contributed by atoms with Crippen LogP contribution < -0.4 is 9.50 Å². The maximum atomic E-state index is 13.3. The van der Waals surface area contributed by atoms with Gasteiger partial charge in [-0.3, -0.25) is 9.69 Å². The van der Waals surface area contributed by atoms with Gasteiger partial charge in [-0.05, 0) is 61.7 Å². The van der Waals surface area contributed by atoms with Gasteiger partial charge in [-0.2, -0.15) is 21.6 Å². The van der Waals surface area contributed by atoms with Gasteiger partial charge in [-0.15, -0.1) is 6.58 Å². The number of hydrogen-bond donors (Lipinski definition) is 1. The minimum atomic E-state index is -5.84. The Balaban J connectivity index is 2.01. The fraction of sp³-hybridized carbons (Fsp3) is 0.375. The van der Waals surface area contributed by atoms with Crippen LogP contribution in [0.1, 0.15) is 46.8 Å². The molecule has 1 unspecified atom stereocenters. The van der Waals surface area contributed by atoms with Gasteiger partial charge in [0.2, 0.25) is 0 Å². The maximum Gasteiger partial charge on any atom is 0.534 e. The van der Waals surface area contributed by atoms with Gasteiger partial charge < -0.3 is 9.50 Å². The van der Waals surface area contributed by atoms with E-state index in [0.717, 1.165) is 25.5 Å². The minimum absolute atomic E-state index is 0.209. The molecule has 1 aliphatic rings. The zero-order chi connectivity index (χ0) is 25.8. The number of nitrogens with one attached hydrogen (secondary N) is 1. The topological polar surface area (TPSA) is 75.7 Å². The monoisotopic (exact) mass is 530 g/mol. The second-order valence-electron chi connectivity index (χ2n) is 8.27. The van der Waals surface area contributed by atoms with Crippen molar-refractivity contribution in [1.29, 1.82) is 0 Å². The summed E-state index contributed by atoms with van der Waals surface area (Å²) in [7, 11) is -5.84. The Morgan fingerprint density at radius 2 is 2.00 bits per heavy atom. The number of likely N-dealkylation sites (tertiary alicyclic amines) is 1. The van der Waals surface area contributed by atoms with Gasteiger partial charge in [0.05, 0.1) is 6.04 Å². The first-order valence-electron chi connectivity index (χ1n) is 11.0. The van der Waals surface area contributed by atoms with Crippen LogP contribution in [0.25, 0.3) is 0 Å². The van der Waals surface area contributed by atoms with E-state index in [2.05, 4.69) is 21.0 Å². The third-order valence-electron chi connectivity index (χ3n) is 5.92. The Bertz CT molecular complexity index is 1190. The third kappa shape index (κ3) is 6.36. The molecule has 2 aromatic rings. The first-order valence-corrected chi connectivity index (χ1v) is 12.7. The van der Waals surface area contributed by atoms with Crippen molar-refractivity contribution in [1.82, 2.24) is 10.2 Å². The Labute approximate surface area is 207 Å². The van der Waals surface area contributed by atoms with E-state index in [1.54, 1.807) is 37.3 Å². The van der Waals surface area contributed by atoms with E-state index >= 15 is 0 Å². The Hall–Kier alpha value is -2.56. The highest BCUT2D eigenvalue weighted by Gasteiger charge is 2.48. The number of carbonyl (C=O) groups excluding carboxylic acids is 1. The molecule has 1 amide bonds. The van der Waals surface area contributed by atoms with Crippen molar-refractivity contribution in [2.75, 3.05) is 13.1 Å². The van der Waals surface area contributed by atoms with Crippen LogP contribution in [0.2, 0.25) is 5.02 Å². The van der Waals surface area contributed by atoms with E-state index in [-0.39, 0.29) is 6.04 Å². The highest BCUT2D eigenvalue weighted by atomic mass is 35.5. The van der Waals surface area contributed by atoms with Crippen molar-refractivity contribution in [2.24, 2.45) is 0 Å². The molecule has 2 aromatic carbocycles. The van der Waals surface area contributed by atoms with E-state index < -0.39 is 33.3 Å². The molecule has 6 nitrogen and oxygen atoms in total. The summed E-state index contributed by atoms with van der Waals surface area (Å²) in [5.41, 5.74) is -4.20.